The van der Waals surface area contributed by atoms with Crippen molar-refractivity contribution < 1.29 is 22.8 Å². The second-order valence-electron chi connectivity index (χ2n) is 7.68. The van der Waals surface area contributed by atoms with Crippen LogP contribution in [-0.2, 0) is 7.05 Å². The summed E-state index contributed by atoms with van der Waals surface area (Å²) in [6, 6.07) is 10.3. The molecule has 3 amide bonds. The van der Waals surface area contributed by atoms with E-state index in [-0.39, 0.29) is 34.2 Å². The minimum atomic E-state index is -4.38. The third kappa shape index (κ3) is 6.44. The number of imidazole rings is 1. The first-order valence-corrected chi connectivity index (χ1v) is 11.4. The van der Waals surface area contributed by atoms with E-state index in [1.54, 1.807) is 18.1 Å². The highest BCUT2D eigenvalue weighted by Gasteiger charge is 2.29. The van der Waals surface area contributed by atoms with Gasteiger partial charge >= 0.3 is 11.5 Å². The van der Waals surface area contributed by atoms with Gasteiger partial charge in [-0.15, -0.1) is 0 Å². The number of carbonyl (C=O) groups is 2. The molecule has 1 aliphatic rings. The highest BCUT2D eigenvalue weighted by molar-refractivity contribution is 8.00. The second-order valence-corrected chi connectivity index (χ2v) is 8.82. The zero-order valence-electron chi connectivity index (χ0n) is 18.6. The summed E-state index contributed by atoms with van der Waals surface area (Å²) in [5.74, 6) is 0.965. The summed E-state index contributed by atoms with van der Waals surface area (Å²) in [5.41, 5.74) is -4.07. The Labute approximate surface area is 203 Å². The van der Waals surface area contributed by atoms with E-state index in [4.69, 9.17) is 0 Å². The number of alkyl halides is 3. The van der Waals surface area contributed by atoms with Crippen LogP contribution >= 0.6 is 11.8 Å². The Bertz CT molecular complexity index is 1180. The van der Waals surface area contributed by atoms with E-state index >= 15 is 0 Å². The fourth-order valence-electron chi connectivity index (χ4n) is 3.56. The lowest BCUT2D eigenvalue weighted by Gasteiger charge is -2.35. The maximum absolute atomic E-state index is 13.0. The molecule has 1 aromatic carbocycles. The smallest absolute Gasteiger partial charge is 0.353 e. The number of aryl methyl sites for hydroxylation is 1. The van der Waals surface area contributed by atoms with Gasteiger partial charge in [-0.05, 0) is 48.2 Å². The first-order valence-electron chi connectivity index (χ1n) is 10.6. The lowest BCUT2D eigenvalue weighted by molar-refractivity contribution is -0.0328. The van der Waals surface area contributed by atoms with E-state index in [9.17, 15) is 22.8 Å². The molecule has 35 heavy (non-hydrogen) atoms. The van der Waals surface area contributed by atoms with Crippen molar-refractivity contribution in [1.82, 2.24) is 19.4 Å². The molecule has 0 aliphatic carbocycles. The Kier molecular flexibility index (Phi) is 7.15. The first-order chi connectivity index (χ1) is 16.7. The molecule has 1 aliphatic heterocycles. The second kappa shape index (κ2) is 10.3. The van der Waals surface area contributed by atoms with Crippen molar-refractivity contribution in [2.24, 2.45) is 7.05 Å². The molecule has 0 atom stereocenters. The monoisotopic (exact) mass is 505 g/mol. The number of rotatable bonds is 5. The van der Waals surface area contributed by atoms with E-state index < -0.39 is 11.5 Å². The van der Waals surface area contributed by atoms with Crippen molar-refractivity contribution in [1.29, 1.82) is 0 Å². The van der Waals surface area contributed by atoms with Crippen LogP contribution in [0.25, 0.3) is 0 Å². The number of urea groups is 1. The molecule has 184 valence electrons. The van der Waals surface area contributed by atoms with Gasteiger partial charge in [0.2, 0.25) is 5.82 Å². The molecule has 13 heteroatoms. The van der Waals surface area contributed by atoms with Crippen LogP contribution in [0, 0.1) is 0 Å². The van der Waals surface area contributed by atoms with Crippen LogP contribution in [0.5, 0.6) is 0 Å². The van der Waals surface area contributed by atoms with Crippen molar-refractivity contribution >= 4 is 41.0 Å². The average Bonchev–Trinajstić information content (AvgIpc) is 3.19. The molecule has 1 saturated heterocycles. The molecule has 0 spiro atoms. The highest BCUT2D eigenvalue weighted by atomic mass is 32.2. The lowest BCUT2D eigenvalue weighted by Crippen LogP contribution is -2.49. The predicted molar refractivity (Wildman–Crippen MR) is 127 cm³/mol. The summed E-state index contributed by atoms with van der Waals surface area (Å²) in [6.45, 7) is 2.30. The number of amides is 3. The maximum atomic E-state index is 13.0. The highest BCUT2D eigenvalue weighted by Crippen LogP contribution is 2.37. The van der Waals surface area contributed by atoms with E-state index in [0.717, 1.165) is 5.82 Å². The van der Waals surface area contributed by atoms with E-state index in [0.29, 0.717) is 31.9 Å². The molecular formula is C22H22F3N7O2S. The van der Waals surface area contributed by atoms with Gasteiger partial charge in [0.05, 0.1) is 0 Å². The minimum Gasteiger partial charge on any atom is -0.353 e. The van der Waals surface area contributed by atoms with Gasteiger partial charge in [0, 0.05) is 56.2 Å². The lowest BCUT2D eigenvalue weighted by atomic mass is 10.3. The van der Waals surface area contributed by atoms with Crippen LogP contribution in [0.2, 0.25) is 0 Å². The first kappa shape index (κ1) is 24.4. The summed E-state index contributed by atoms with van der Waals surface area (Å²) >= 11 is -0.234. The zero-order chi connectivity index (χ0) is 25.0. The van der Waals surface area contributed by atoms with E-state index in [1.165, 1.54) is 35.0 Å². The molecule has 3 heterocycles. The number of anilines is 3. The molecule has 3 aromatic rings. The van der Waals surface area contributed by atoms with Gasteiger partial charge in [-0.2, -0.15) is 13.2 Å². The van der Waals surface area contributed by atoms with E-state index in [2.05, 4.69) is 25.5 Å². The number of halogens is 3. The number of thioether (sulfide) groups is 1. The standard InChI is InChI=1S/C22H22F3N7O2S/c1-30-14-17(29-21(34)27-15-5-7-16(8-6-15)35-22(23,24)25)28-19(30)20(33)32-12-10-31(11-13-32)18-4-2-3-9-26-18/h2-9,14H,10-13H2,1H3,(H2,27,29,34). The Hall–Kier alpha value is -3.74. The quantitative estimate of drug-likeness (QED) is 0.509. The molecule has 0 radical (unpaired) electrons. The molecule has 4 rings (SSSR count). The average molecular weight is 506 g/mol. The van der Waals surface area contributed by atoms with Crippen molar-refractivity contribution in [3.05, 3.63) is 60.7 Å². The third-order valence-electron chi connectivity index (χ3n) is 5.20. The number of nitrogens with zero attached hydrogens (tertiary/aromatic N) is 5. The van der Waals surface area contributed by atoms with Crippen molar-refractivity contribution in [3.8, 4) is 0 Å². The SMILES string of the molecule is Cn1cc(NC(=O)Nc2ccc(SC(F)(F)F)cc2)nc1C(=O)N1CCN(c2ccccn2)CC1. The van der Waals surface area contributed by atoms with Gasteiger partial charge < -0.3 is 19.7 Å². The van der Waals surface area contributed by atoms with Gasteiger partial charge in [-0.3, -0.25) is 10.1 Å². The molecule has 2 N–H and O–H groups in total. The third-order valence-corrected chi connectivity index (χ3v) is 5.93. The number of aromatic nitrogens is 3. The van der Waals surface area contributed by atoms with Crippen molar-refractivity contribution in [2.75, 3.05) is 41.7 Å². The minimum absolute atomic E-state index is 0.0113. The summed E-state index contributed by atoms with van der Waals surface area (Å²) in [6.07, 6.45) is 3.24. The Morgan fingerprint density at radius 3 is 2.34 bits per heavy atom. The number of pyridine rings is 1. The Morgan fingerprint density at radius 2 is 1.71 bits per heavy atom. The molecule has 2 aromatic heterocycles. The van der Waals surface area contributed by atoms with Crippen LogP contribution in [0.4, 0.5) is 35.3 Å². The van der Waals surface area contributed by atoms with Gasteiger partial charge in [-0.1, -0.05) is 6.07 Å². The molecule has 0 unspecified atom stereocenters. The van der Waals surface area contributed by atoms with Crippen LogP contribution < -0.4 is 15.5 Å². The summed E-state index contributed by atoms with van der Waals surface area (Å²) in [5, 5.41) is 5.06. The topological polar surface area (TPSA) is 95.4 Å². The van der Waals surface area contributed by atoms with Gasteiger partial charge in [0.25, 0.3) is 5.91 Å². The number of carbonyl (C=O) groups excluding carboxylic acids is 2. The number of nitrogens with one attached hydrogen (secondary N) is 2. The van der Waals surface area contributed by atoms with Crippen LogP contribution in [0.3, 0.4) is 0 Å². The van der Waals surface area contributed by atoms with E-state index in [1.807, 2.05) is 18.2 Å². The van der Waals surface area contributed by atoms with Gasteiger partial charge in [-0.25, -0.2) is 14.8 Å². The largest absolute Gasteiger partial charge is 0.446 e. The van der Waals surface area contributed by atoms with Crippen molar-refractivity contribution in [2.45, 2.75) is 10.4 Å². The van der Waals surface area contributed by atoms with Gasteiger partial charge in [0.15, 0.2) is 5.82 Å². The number of benzene rings is 1. The fourth-order valence-corrected chi connectivity index (χ4v) is 4.10. The molecule has 0 saturated carbocycles. The number of hydrogen-bond donors (Lipinski definition) is 2. The predicted octanol–water partition coefficient (Wildman–Crippen LogP) is 4.03. The van der Waals surface area contributed by atoms with Gasteiger partial charge in [0.1, 0.15) is 5.82 Å². The summed E-state index contributed by atoms with van der Waals surface area (Å²) in [4.78, 5) is 37.7. The number of piperazine rings is 1. The maximum Gasteiger partial charge on any atom is 0.446 e. The summed E-state index contributed by atoms with van der Waals surface area (Å²) in [7, 11) is 1.66. The Balaban J connectivity index is 1.32. The molecule has 9 nitrogen and oxygen atoms in total. The molecular weight excluding hydrogens is 483 g/mol. The Morgan fingerprint density at radius 1 is 1.00 bits per heavy atom. The zero-order valence-corrected chi connectivity index (χ0v) is 19.4. The van der Waals surface area contributed by atoms with Crippen LogP contribution in [-0.4, -0.2) is 63.1 Å². The summed E-state index contributed by atoms with van der Waals surface area (Å²) < 4.78 is 38.8. The van der Waals surface area contributed by atoms with Crippen molar-refractivity contribution in [3.63, 3.8) is 0 Å². The molecule has 0 bridgehead atoms. The number of hydrogen-bond acceptors (Lipinski definition) is 6. The molecule has 1 fully saturated rings. The normalized spacial score (nSPS) is 14.1. The van der Waals surface area contributed by atoms with Crippen LogP contribution in [0.1, 0.15) is 10.6 Å². The van der Waals surface area contributed by atoms with Crippen LogP contribution in [0.15, 0.2) is 59.8 Å². The fraction of sp³-hybridized carbons (Fsp3) is 0.273.